The normalized spacial score (nSPS) is 29.4. The molecule has 32 heavy (non-hydrogen) atoms. The Bertz CT molecular complexity index is 1230. The number of Topliss-reactive ketones (excluding diaryl/α,β-unsaturated/α-hetero) is 3. The van der Waals surface area contributed by atoms with Crippen LogP contribution in [0.1, 0.15) is 41.3 Å². The smallest absolute Gasteiger partial charge is 0.255 e. The molecule has 1 amide bonds. The average Bonchev–Trinajstić information content (AvgIpc) is 2.66. The van der Waals surface area contributed by atoms with E-state index in [1.54, 1.807) is 22.6 Å². The van der Waals surface area contributed by atoms with Crippen molar-refractivity contribution in [1.29, 1.82) is 0 Å². The van der Waals surface area contributed by atoms with Crippen LogP contribution in [0.3, 0.4) is 0 Å². The van der Waals surface area contributed by atoms with E-state index in [-0.39, 0.29) is 44.6 Å². The highest BCUT2D eigenvalue weighted by atomic mass is 127. The number of phenols is 1. The Morgan fingerprint density at radius 2 is 1.84 bits per heavy atom. The molecule has 0 aromatic heterocycles. The van der Waals surface area contributed by atoms with Crippen molar-refractivity contribution in [1.82, 2.24) is 0 Å². The predicted octanol–water partition coefficient (Wildman–Crippen LogP) is 0.312. The second-order valence-corrected chi connectivity index (χ2v) is 9.59. The number of nitrogens with two attached hydrogens (primary N) is 2. The maximum Gasteiger partial charge on any atom is 0.255 e. The summed E-state index contributed by atoms with van der Waals surface area (Å²) >= 11 is 1.77. The van der Waals surface area contributed by atoms with Crippen molar-refractivity contribution in [2.45, 2.75) is 37.3 Å². The van der Waals surface area contributed by atoms with Crippen LogP contribution in [-0.4, -0.2) is 54.8 Å². The number of aliphatic hydroxyl groups is 3. The zero-order valence-corrected chi connectivity index (χ0v) is 18.9. The molecule has 1 saturated carbocycles. The number of rotatable bonds is 2. The molecule has 1 fully saturated rings. The van der Waals surface area contributed by atoms with E-state index in [4.69, 9.17) is 11.5 Å². The van der Waals surface area contributed by atoms with Gasteiger partial charge in [0.15, 0.2) is 17.2 Å². The van der Waals surface area contributed by atoms with E-state index in [0.29, 0.717) is 0 Å². The number of carbonyl (C=O) groups excluding carboxylic acids is 4. The van der Waals surface area contributed by atoms with E-state index in [0.717, 1.165) is 0 Å². The summed E-state index contributed by atoms with van der Waals surface area (Å²) in [5.74, 6) is -7.20. The Morgan fingerprint density at radius 3 is 2.41 bits per heavy atom. The molecule has 0 spiro atoms. The molecule has 4 rings (SSSR count). The van der Waals surface area contributed by atoms with Gasteiger partial charge >= 0.3 is 0 Å². The van der Waals surface area contributed by atoms with Gasteiger partial charge in [-0.15, -0.1) is 0 Å². The first kappa shape index (κ1) is 22.4. The summed E-state index contributed by atoms with van der Waals surface area (Å²) in [7, 11) is 0. The topological polar surface area (TPSA) is 201 Å². The number of halogens is 1. The highest BCUT2D eigenvalue weighted by Crippen LogP contribution is 2.53. The zero-order valence-electron chi connectivity index (χ0n) is 16.7. The predicted molar refractivity (Wildman–Crippen MR) is 118 cm³/mol. The summed E-state index contributed by atoms with van der Waals surface area (Å²) in [6, 6.07) is 1.44. The summed E-state index contributed by atoms with van der Waals surface area (Å²) in [6.07, 6.45) is -0.872. The van der Waals surface area contributed by atoms with Gasteiger partial charge in [0.2, 0.25) is 5.78 Å². The molecule has 0 bridgehead atoms. The summed E-state index contributed by atoms with van der Waals surface area (Å²) < 4.78 is 0.241. The molecule has 168 valence electrons. The fourth-order valence-corrected chi connectivity index (χ4v) is 5.67. The van der Waals surface area contributed by atoms with Gasteiger partial charge in [-0.3, -0.25) is 19.2 Å². The van der Waals surface area contributed by atoms with Crippen LogP contribution in [0.2, 0.25) is 0 Å². The lowest BCUT2D eigenvalue weighted by Crippen LogP contribution is -2.65. The lowest BCUT2D eigenvalue weighted by atomic mass is 9.56. The summed E-state index contributed by atoms with van der Waals surface area (Å²) in [5, 5.41) is 43.4. The first-order chi connectivity index (χ1) is 14.8. The number of hydrogen-bond donors (Lipinski definition) is 6. The molecule has 3 aliphatic rings. The quantitative estimate of drug-likeness (QED) is 0.169. The lowest BCUT2D eigenvalue weighted by Gasteiger charge is -2.50. The molecule has 8 N–H and O–H groups in total. The number of phenolic OH excluding ortho intramolecular Hbond substituents is 1. The van der Waals surface area contributed by atoms with Crippen LogP contribution >= 0.6 is 22.6 Å². The van der Waals surface area contributed by atoms with Gasteiger partial charge in [0, 0.05) is 17.9 Å². The third-order valence-electron chi connectivity index (χ3n) is 6.53. The number of hydrogen-bond acceptors (Lipinski definition) is 9. The van der Waals surface area contributed by atoms with Gasteiger partial charge in [-0.25, -0.2) is 0 Å². The van der Waals surface area contributed by atoms with Gasteiger partial charge < -0.3 is 31.9 Å². The lowest BCUT2D eigenvalue weighted by molar-refractivity contribution is -0.148. The van der Waals surface area contributed by atoms with Gasteiger partial charge in [0.1, 0.15) is 22.8 Å². The Hall–Kier alpha value is -2.77. The maximum absolute atomic E-state index is 13.5. The van der Waals surface area contributed by atoms with Crippen molar-refractivity contribution in [3.8, 4) is 5.75 Å². The van der Waals surface area contributed by atoms with Crippen LogP contribution in [0.15, 0.2) is 23.0 Å². The molecule has 1 aromatic rings. The van der Waals surface area contributed by atoms with Crippen LogP contribution in [0.5, 0.6) is 5.75 Å². The van der Waals surface area contributed by atoms with E-state index in [2.05, 4.69) is 0 Å². The van der Waals surface area contributed by atoms with Gasteiger partial charge in [0.05, 0.1) is 20.2 Å². The zero-order chi connectivity index (χ0) is 23.9. The Kier molecular flexibility index (Phi) is 4.81. The summed E-state index contributed by atoms with van der Waals surface area (Å²) in [4.78, 5) is 49.8. The fraction of sp³-hybridized carbons (Fsp3) is 0.333. The summed E-state index contributed by atoms with van der Waals surface area (Å²) in [6.45, 7) is 1.31. The SMILES string of the molecule is CC(=O)c1cc(I)c(O)c2c1C[C@@]1(N)C[C@H]3CC(=O)C(C(N)=O)=C(O)[C@@]3(O)C(=O)C1=C2O. The standard InChI is InChI=1S/C21H19IN2O8/c1-6(25)8-3-10(22)15(27)12-9(8)5-20(24)4-7-2-11(26)13(19(23)31)17(29)21(7,32)18(30)14(20)16(12)28/h3,7,27-29,32H,2,4-5,24H2,1H3,(H2,23,31)/t7-,20+,21-/m1/s1. The van der Waals surface area contributed by atoms with Crippen molar-refractivity contribution in [3.05, 3.63) is 43.2 Å². The molecular formula is C21H19IN2O8. The highest BCUT2D eigenvalue weighted by Gasteiger charge is 2.64. The largest absolute Gasteiger partial charge is 0.508 e. The number of amides is 1. The molecule has 11 heteroatoms. The average molecular weight is 554 g/mol. The molecule has 10 nitrogen and oxygen atoms in total. The van der Waals surface area contributed by atoms with Gasteiger partial charge in [0.25, 0.3) is 5.91 Å². The second kappa shape index (κ2) is 6.86. The molecule has 3 aliphatic carbocycles. The van der Waals surface area contributed by atoms with Crippen molar-refractivity contribution in [2.24, 2.45) is 17.4 Å². The first-order valence-corrected chi connectivity index (χ1v) is 10.7. The van der Waals surface area contributed by atoms with Crippen LogP contribution in [0, 0.1) is 9.49 Å². The van der Waals surface area contributed by atoms with E-state index in [1.807, 2.05) is 0 Å². The van der Waals surface area contributed by atoms with Crippen molar-refractivity contribution < 1.29 is 39.6 Å². The van der Waals surface area contributed by atoms with Crippen LogP contribution < -0.4 is 11.5 Å². The molecule has 3 atom stereocenters. The number of ketones is 3. The van der Waals surface area contributed by atoms with E-state index in [9.17, 15) is 39.6 Å². The van der Waals surface area contributed by atoms with Crippen molar-refractivity contribution in [2.75, 3.05) is 0 Å². The molecule has 0 unspecified atom stereocenters. The van der Waals surface area contributed by atoms with Crippen molar-refractivity contribution >= 4 is 51.6 Å². The third-order valence-corrected chi connectivity index (χ3v) is 7.36. The van der Waals surface area contributed by atoms with Gasteiger partial charge in [-0.1, -0.05) is 0 Å². The number of aliphatic hydroxyl groups excluding tert-OH is 2. The number of benzene rings is 1. The second-order valence-electron chi connectivity index (χ2n) is 8.43. The highest BCUT2D eigenvalue weighted by molar-refractivity contribution is 14.1. The van der Waals surface area contributed by atoms with Crippen molar-refractivity contribution in [3.63, 3.8) is 0 Å². The van der Waals surface area contributed by atoms with Crippen LogP contribution in [-0.2, 0) is 20.8 Å². The summed E-state index contributed by atoms with van der Waals surface area (Å²) in [5.41, 5.74) is 6.27. The van der Waals surface area contributed by atoms with E-state index < -0.39 is 63.6 Å². The molecule has 0 heterocycles. The number of carbonyl (C=O) groups is 4. The van der Waals surface area contributed by atoms with Gasteiger partial charge in [-0.05, 0) is 54.0 Å². The fourth-order valence-electron chi connectivity index (χ4n) is 5.09. The minimum Gasteiger partial charge on any atom is -0.508 e. The molecular weight excluding hydrogens is 535 g/mol. The molecule has 1 aromatic carbocycles. The minimum atomic E-state index is -2.71. The number of fused-ring (bicyclic) bond motifs is 3. The first-order valence-electron chi connectivity index (χ1n) is 9.57. The Morgan fingerprint density at radius 1 is 1.22 bits per heavy atom. The van der Waals surface area contributed by atoms with E-state index >= 15 is 0 Å². The Labute approximate surface area is 194 Å². The minimum absolute atomic E-state index is 0.152. The van der Waals surface area contributed by atoms with E-state index in [1.165, 1.54) is 13.0 Å². The number of primary amides is 1. The molecule has 0 radical (unpaired) electrons. The molecule has 0 aliphatic heterocycles. The third kappa shape index (κ3) is 2.70. The van der Waals surface area contributed by atoms with Crippen LogP contribution in [0.4, 0.5) is 0 Å². The Balaban J connectivity index is 2.03. The maximum atomic E-state index is 13.5. The van der Waals surface area contributed by atoms with Gasteiger partial charge in [-0.2, -0.15) is 0 Å². The number of aromatic hydroxyl groups is 1. The molecule has 0 saturated heterocycles. The van der Waals surface area contributed by atoms with Crippen LogP contribution in [0.25, 0.3) is 5.76 Å². The monoisotopic (exact) mass is 554 g/mol.